The lowest BCUT2D eigenvalue weighted by Gasteiger charge is -2.13. The predicted octanol–water partition coefficient (Wildman–Crippen LogP) is 6.05. The van der Waals surface area contributed by atoms with E-state index in [4.69, 9.17) is 4.74 Å². The number of hydrogen-bond acceptors (Lipinski definition) is 3. The molecule has 162 valence electrons. The van der Waals surface area contributed by atoms with Gasteiger partial charge in [-0.1, -0.05) is 18.2 Å². The second kappa shape index (κ2) is 8.29. The van der Waals surface area contributed by atoms with Crippen molar-refractivity contribution in [2.75, 3.05) is 12.4 Å². The molecule has 0 aliphatic carbocycles. The number of nitrogens with one attached hydrogen (secondary N) is 1. The van der Waals surface area contributed by atoms with Crippen LogP contribution in [0.2, 0.25) is 0 Å². The van der Waals surface area contributed by atoms with Crippen LogP contribution < -0.4 is 10.1 Å². The Morgan fingerprint density at radius 2 is 1.52 bits per heavy atom. The maximum absolute atomic E-state index is 12.9. The van der Waals surface area contributed by atoms with Crippen molar-refractivity contribution in [3.05, 3.63) is 77.5 Å². The summed E-state index contributed by atoms with van der Waals surface area (Å²) in [4.78, 5) is 16.4. The smallest absolute Gasteiger partial charge is 0.416 e. The maximum atomic E-state index is 12.9. The second-order valence-electron chi connectivity index (χ2n) is 6.38. The minimum Gasteiger partial charge on any atom is -0.494 e. The number of rotatable bonds is 4. The largest absolute Gasteiger partial charge is 0.494 e. The van der Waals surface area contributed by atoms with Crippen LogP contribution >= 0.6 is 0 Å². The highest BCUT2D eigenvalue weighted by molar-refractivity contribution is 6.05. The van der Waals surface area contributed by atoms with Crippen LogP contribution in [0, 0.1) is 0 Å². The third-order valence-electron chi connectivity index (χ3n) is 4.27. The number of nitrogens with zero attached hydrogens (tertiary/aromatic N) is 1. The zero-order valence-corrected chi connectivity index (χ0v) is 15.8. The maximum Gasteiger partial charge on any atom is 0.416 e. The van der Waals surface area contributed by atoms with E-state index in [1.54, 1.807) is 0 Å². The summed E-state index contributed by atoms with van der Waals surface area (Å²) in [7, 11) is 1.27. The summed E-state index contributed by atoms with van der Waals surface area (Å²) in [6.07, 6.45) is -7.99. The number of halogens is 6. The molecule has 4 nitrogen and oxygen atoms in total. The molecule has 1 heterocycles. The standard InChI is InChI=1S/C21H14F6N2O2/c1-31-18-10-16(12-4-2-6-14(8-12)20(22,23)24)28-11-17(18)29-19(30)13-5-3-7-15(9-13)21(25,26)27/h2-11H,1H3,(H,29,30). The average Bonchev–Trinajstić information content (AvgIpc) is 2.73. The van der Waals surface area contributed by atoms with E-state index < -0.39 is 29.4 Å². The Balaban J connectivity index is 1.88. The molecule has 0 unspecified atom stereocenters. The van der Waals surface area contributed by atoms with Crippen molar-refractivity contribution in [3.63, 3.8) is 0 Å². The Bertz CT molecular complexity index is 1110. The highest BCUT2D eigenvalue weighted by atomic mass is 19.4. The lowest BCUT2D eigenvalue weighted by molar-refractivity contribution is -0.138. The van der Waals surface area contributed by atoms with Gasteiger partial charge in [0.2, 0.25) is 0 Å². The van der Waals surface area contributed by atoms with Crippen molar-refractivity contribution in [1.82, 2.24) is 4.98 Å². The molecule has 2 aromatic carbocycles. The van der Waals surface area contributed by atoms with E-state index >= 15 is 0 Å². The first-order valence-corrected chi connectivity index (χ1v) is 8.69. The van der Waals surface area contributed by atoms with E-state index in [-0.39, 0.29) is 28.3 Å². The van der Waals surface area contributed by atoms with Gasteiger partial charge in [0.05, 0.1) is 30.1 Å². The molecular weight excluding hydrogens is 426 g/mol. The highest BCUT2D eigenvalue weighted by Crippen LogP contribution is 2.34. The van der Waals surface area contributed by atoms with E-state index in [1.807, 2.05) is 0 Å². The first kappa shape index (κ1) is 22.1. The molecular formula is C21H14F6N2O2. The number of alkyl halides is 6. The lowest BCUT2D eigenvalue weighted by atomic mass is 10.1. The number of anilines is 1. The number of carbonyl (C=O) groups is 1. The van der Waals surface area contributed by atoms with Crippen LogP contribution in [0.1, 0.15) is 21.5 Å². The van der Waals surface area contributed by atoms with Gasteiger partial charge in [0.1, 0.15) is 11.4 Å². The molecule has 0 saturated heterocycles. The van der Waals surface area contributed by atoms with Crippen molar-refractivity contribution >= 4 is 11.6 Å². The highest BCUT2D eigenvalue weighted by Gasteiger charge is 2.31. The normalized spacial score (nSPS) is 11.8. The van der Waals surface area contributed by atoms with Gasteiger partial charge in [-0.05, 0) is 30.3 Å². The second-order valence-corrected chi connectivity index (χ2v) is 6.38. The summed E-state index contributed by atoms with van der Waals surface area (Å²) in [5, 5.41) is 2.40. The third kappa shape index (κ3) is 5.14. The van der Waals surface area contributed by atoms with Crippen molar-refractivity contribution in [2.45, 2.75) is 12.4 Å². The van der Waals surface area contributed by atoms with Gasteiger partial charge in [-0.25, -0.2) is 0 Å². The number of pyridine rings is 1. The Hall–Kier alpha value is -3.56. The van der Waals surface area contributed by atoms with Crippen LogP contribution in [0.4, 0.5) is 32.0 Å². The summed E-state index contributed by atoms with van der Waals surface area (Å²) in [6.45, 7) is 0. The van der Waals surface area contributed by atoms with Crippen LogP contribution in [0.15, 0.2) is 60.8 Å². The van der Waals surface area contributed by atoms with Gasteiger partial charge in [0.25, 0.3) is 5.91 Å². The summed E-state index contributed by atoms with van der Waals surface area (Å²) in [6, 6.07) is 9.66. The summed E-state index contributed by atoms with van der Waals surface area (Å²) >= 11 is 0. The summed E-state index contributed by atoms with van der Waals surface area (Å²) in [5.41, 5.74) is -1.71. The van der Waals surface area contributed by atoms with Gasteiger partial charge < -0.3 is 10.1 Å². The van der Waals surface area contributed by atoms with E-state index in [0.29, 0.717) is 6.07 Å². The molecule has 0 aliphatic rings. The van der Waals surface area contributed by atoms with Crippen LogP contribution in [0.3, 0.4) is 0 Å². The van der Waals surface area contributed by atoms with E-state index in [0.717, 1.165) is 30.5 Å². The minimum atomic E-state index is -4.61. The summed E-state index contributed by atoms with van der Waals surface area (Å²) < 4.78 is 82.5. The van der Waals surface area contributed by atoms with Crippen molar-refractivity contribution in [2.24, 2.45) is 0 Å². The fraction of sp³-hybridized carbons (Fsp3) is 0.143. The van der Waals surface area contributed by atoms with Gasteiger partial charge in [0, 0.05) is 17.2 Å². The quantitative estimate of drug-likeness (QED) is 0.503. The third-order valence-corrected chi connectivity index (χ3v) is 4.27. The first-order valence-electron chi connectivity index (χ1n) is 8.69. The van der Waals surface area contributed by atoms with Gasteiger partial charge in [0.15, 0.2) is 0 Å². The molecule has 0 aliphatic heterocycles. The van der Waals surface area contributed by atoms with E-state index in [9.17, 15) is 31.1 Å². The molecule has 0 atom stereocenters. The van der Waals surface area contributed by atoms with Crippen LogP contribution in [0.25, 0.3) is 11.3 Å². The zero-order chi connectivity index (χ0) is 22.8. The van der Waals surface area contributed by atoms with Crippen molar-refractivity contribution < 1.29 is 35.9 Å². The number of methoxy groups -OCH3 is 1. The molecule has 0 fully saturated rings. The molecule has 1 N–H and O–H groups in total. The zero-order valence-electron chi connectivity index (χ0n) is 15.8. The Morgan fingerprint density at radius 3 is 2.13 bits per heavy atom. The predicted molar refractivity (Wildman–Crippen MR) is 101 cm³/mol. The molecule has 0 spiro atoms. The van der Waals surface area contributed by atoms with Crippen molar-refractivity contribution in [3.8, 4) is 17.0 Å². The van der Waals surface area contributed by atoms with Crippen molar-refractivity contribution in [1.29, 1.82) is 0 Å². The minimum absolute atomic E-state index is 0.0423. The van der Waals surface area contributed by atoms with Crippen LogP contribution in [0.5, 0.6) is 5.75 Å². The average molecular weight is 440 g/mol. The number of hydrogen-bond donors (Lipinski definition) is 1. The molecule has 1 aromatic heterocycles. The number of aromatic nitrogens is 1. The van der Waals surface area contributed by atoms with E-state index in [2.05, 4.69) is 10.3 Å². The number of carbonyl (C=O) groups excluding carboxylic acids is 1. The van der Waals surface area contributed by atoms with Gasteiger partial charge in [-0.2, -0.15) is 26.3 Å². The van der Waals surface area contributed by atoms with Gasteiger partial charge >= 0.3 is 12.4 Å². The number of ether oxygens (including phenoxy) is 1. The van der Waals surface area contributed by atoms with Crippen LogP contribution in [-0.4, -0.2) is 18.0 Å². The fourth-order valence-electron chi connectivity index (χ4n) is 2.74. The molecule has 0 saturated carbocycles. The topological polar surface area (TPSA) is 51.2 Å². The molecule has 1 amide bonds. The molecule has 10 heteroatoms. The molecule has 3 aromatic rings. The SMILES string of the molecule is COc1cc(-c2cccc(C(F)(F)F)c2)ncc1NC(=O)c1cccc(C(F)(F)F)c1. The monoisotopic (exact) mass is 440 g/mol. The molecule has 3 rings (SSSR count). The summed E-state index contributed by atoms with van der Waals surface area (Å²) in [5.74, 6) is -0.763. The fourth-order valence-corrected chi connectivity index (χ4v) is 2.74. The first-order chi connectivity index (χ1) is 14.5. The lowest BCUT2D eigenvalue weighted by Crippen LogP contribution is -2.14. The van der Waals surface area contributed by atoms with Gasteiger partial charge in [-0.15, -0.1) is 0 Å². The number of benzene rings is 2. The molecule has 0 radical (unpaired) electrons. The van der Waals surface area contributed by atoms with Crippen LogP contribution in [-0.2, 0) is 12.4 Å². The Kier molecular flexibility index (Phi) is 5.92. The van der Waals surface area contributed by atoms with E-state index in [1.165, 1.54) is 31.4 Å². The molecule has 31 heavy (non-hydrogen) atoms. The Labute approximate surface area is 172 Å². The molecule has 0 bridgehead atoms. The van der Waals surface area contributed by atoms with Gasteiger partial charge in [-0.3, -0.25) is 9.78 Å². The number of amides is 1. The Morgan fingerprint density at radius 1 is 0.903 bits per heavy atom.